The molecule has 1 N–H and O–H groups in total. The number of amides is 2. The molecule has 0 aromatic heterocycles. The van der Waals surface area contributed by atoms with Crippen molar-refractivity contribution < 1.29 is 18.0 Å². The number of para-hydroxylation sites is 1. The number of carbonyl (C=O) groups excluding carboxylic acids is 2. The molecule has 1 atom stereocenters. The molecule has 0 bridgehead atoms. The van der Waals surface area contributed by atoms with Gasteiger partial charge in [0.1, 0.15) is 12.6 Å². The molecule has 2 rings (SSSR count). The molecular weight excluding hydrogens is 462 g/mol. The average molecular weight is 502 g/mol. The van der Waals surface area contributed by atoms with Crippen LogP contribution in [0.3, 0.4) is 0 Å². The zero-order valence-electron chi connectivity index (χ0n) is 21.7. The number of sulfonamides is 1. The van der Waals surface area contributed by atoms with Crippen molar-refractivity contribution in [2.75, 3.05) is 23.7 Å². The second-order valence-electron chi connectivity index (χ2n) is 9.39. The summed E-state index contributed by atoms with van der Waals surface area (Å²) in [4.78, 5) is 28.2. The molecule has 0 aliphatic heterocycles. The van der Waals surface area contributed by atoms with Crippen LogP contribution in [0, 0.1) is 0 Å². The van der Waals surface area contributed by atoms with Gasteiger partial charge in [-0.3, -0.25) is 13.9 Å². The van der Waals surface area contributed by atoms with Crippen molar-refractivity contribution in [1.82, 2.24) is 10.2 Å². The number of carbonyl (C=O) groups is 2. The minimum Gasteiger partial charge on any atom is -0.352 e. The number of hydrogen-bond donors (Lipinski definition) is 1. The fraction of sp³-hybridized carbons (Fsp3) is 0.481. The van der Waals surface area contributed by atoms with E-state index in [4.69, 9.17) is 0 Å². The second kappa shape index (κ2) is 12.7. The average Bonchev–Trinajstić information content (AvgIpc) is 2.79. The standard InChI is InChI=1S/C27H39N3O4S/c1-7-24(27(32)28-21(4)5)29(18-17-22-13-9-8-10-14-22)26(31)19-30(35(6,33)34)25-16-12-11-15-23(25)20(2)3/h8-16,20-21,24H,7,17-19H2,1-6H3,(H,28,32)/t24-/m1/s1. The Morgan fingerprint density at radius 3 is 2.09 bits per heavy atom. The smallest absolute Gasteiger partial charge is 0.244 e. The molecule has 7 nitrogen and oxygen atoms in total. The summed E-state index contributed by atoms with van der Waals surface area (Å²) in [5, 5.41) is 2.90. The minimum absolute atomic E-state index is 0.0694. The molecule has 35 heavy (non-hydrogen) atoms. The van der Waals surface area contributed by atoms with E-state index in [1.54, 1.807) is 12.1 Å². The normalized spacial score (nSPS) is 12.5. The van der Waals surface area contributed by atoms with Crippen LogP contribution < -0.4 is 9.62 Å². The van der Waals surface area contributed by atoms with Gasteiger partial charge in [-0.15, -0.1) is 0 Å². The fourth-order valence-corrected chi connectivity index (χ4v) is 4.94. The van der Waals surface area contributed by atoms with Crippen LogP contribution >= 0.6 is 0 Å². The third-order valence-corrected chi connectivity index (χ3v) is 6.93. The molecule has 2 amide bonds. The Balaban J connectivity index is 2.43. The van der Waals surface area contributed by atoms with Crippen molar-refractivity contribution in [3.63, 3.8) is 0 Å². The van der Waals surface area contributed by atoms with Crippen molar-refractivity contribution in [1.29, 1.82) is 0 Å². The van der Waals surface area contributed by atoms with Gasteiger partial charge >= 0.3 is 0 Å². The van der Waals surface area contributed by atoms with Gasteiger partial charge in [0.15, 0.2) is 0 Å². The topological polar surface area (TPSA) is 86.8 Å². The molecule has 0 unspecified atom stereocenters. The van der Waals surface area contributed by atoms with Gasteiger partial charge in [0.2, 0.25) is 21.8 Å². The van der Waals surface area contributed by atoms with E-state index < -0.39 is 22.0 Å². The molecule has 0 aliphatic carbocycles. The van der Waals surface area contributed by atoms with Gasteiger partial charge in [-0.1, -0.05) is 69.3 Å². The van der Waals surface area contributed by atoms with E-state index in [1.807, 2.05) is 77.1 Å². The highest BCUT2D eigenvalue weighted by atomic mass is 32.2. The third kappa shape index (κ3) is 8.09. The first-order valence-corrected chi connectivity index (χ1v) is 14.0. The van der Waals surface area contributed by atoms with E-state index in [-0.39, 0.29) is 24.4 Å². The van der Waals surface area contributed by atoms with Gasteiger partial charge in [-0.05, 0) is 49.8 Å². The van der Waals surface area contributed by atoms with Gasteiger partial charge in [0.25, 0.3) is 0 Å². The Hall–Kier alpha value is -2.87. The maximum absolute atomic E-state index is 13.7. The van der Waals surface area contributed by atoms with Crippen LogP contribution in [-0.2, 0) is 26.0 Å². The molecule has 0 saturated carbocycles. The van der Waals surface area contributed by atoms with Crippen molar-refractivity contribution in [3.05, 3.63) is 65.7 Å². The number of nitrogens with one attached hydrogen (secondary N) is 1. The summed E-state index contributed by atoms with van der Waals surface area (Å²) in [7, 11) is -3.76. The van der Waals surface area contributed by atoms with E-state index in [0.29, 0.717) is 25.1 Å². The summed E-state index contributed by atoms with van der Waals surface area (Å²) in [5.74, 6) is -0.576. The van der Waals surface area contributed by atoms with Crippen LogP contribution in [0.1, 0.15) is 58.1 Å². The summed E-state index contributed by atoms with van der Waals surface area (Å²) in [6.07, 6.45) is 2.08. The molecule has 8 heteroatoms. The Labute approximate surface area is 210 Å². The lowest BCUT2D eigenvalue weighted by Crippen LogP contribution is -2.54. The van der Waals surface area contributed by atoms with Crippen molar-refractivity contribution in [3.8, 4) is 0 Å². The molecule has 0 aliphatic rings. The summed E-state index contributed by atoms with van der Waals surface area (Å²) in [5.41, 5.74) is 2.36. The lowest BCUT2D eigenvalue weighted by atomic mass is 10.0. The lowest BCUT2D eigenvalue weighted by Gasteiger charge is -2.33. The SMILES string of the molecule is CC[C@H](C(=O)NC(C)C)N(CCc1ccccc1)C(=O)CN(c1ccccc1C(C)C)S(C)(=O)=O. The number of anilines is 1. The van der Waals surface area contributed by atoms with Gasteiger partial charge in [-0.25, -0.2) is 8.42 Å². The maximum atomic E-state index is 13.7. The highest BCUT2D eigenvalue weighted by Gasteiger charge is 2.32. The number of hydrogen-bond acceptors (Lipinski definition) is 4. The molecule has 0 heterocycles. The highest BCUT2D eigenvalue weighted by molar-refractivity contribution is 7.92. The summed E-state index contributed by atoms with van der Waals surface area (Å²) < 4.78 is 26.8. The van der Waals surface area contributed by atoms with E-state index in [2.05, 4.69) is 5.32 Å². The molecule has 2 aromatic rings. The van der Waals surface area contributed by atoms with Crippen LogP contribution in [0.15, 0.2) is 54.6 Å². The van der Waals surface area contributed by atoms with E-state index >= 15 is 0 Å². The Morgan fingerprint density at radius 1 is 0.943 bits per heavy atom. The fourth-order valence-electron chi connectivity index (χ4n) is 4.07. The minimum atomic E-state index is -3.76. The first-order chi connectivity index (χ1) is 16.5. The Bertz CT molecular complexity index is 1080. The zero-order valence-corrected chi connectivity index (χ0v) is 22.5. The van der Waals surface area contributed by atoms with Crippen LogP contribution in [0.4, 0.5) is 5.69 Å². The van der Waals surface area contributed by atoms with Crippen LogP contribution in [0.5, 0.6) is 0 Å². The van der Waals surface area contributed by atoms with E-state index in [1.165, 1.54) is 4.90 Å². The predicted octanol–water partition coefficient (Wildman–Crippen LogP) is 3.95. The Kier molecular flexibility index (Phi) is 10.3. The number of nitrogens with zero attached hydrogens (tertiary/aromatic N) is 2. The summed E-state index contributed by atoms with van der Waals surface area (Å²) in [6.45, 7) is 9.49. The number of rotatable bonds is 12. The molecule has 192 valence electrons. The molecule has 0 spiro atoms. The monoisotopic (exact) mass is 501 g/mol. The van der Waals surface area contributed by atoms with Crippen molar-refractivity contribution in [2.45, 2.75) is 65.5 Å². The molecule has 0 fully saturated rings. The number of benzene rings is 2. The summed E-state index contributed by atoms with van der Waals surface area (Å²) in [6, 6.07) is 16.2. The lowest BCUT2D eigenvalue weighted by molar-refractivity contribution is -0.139. The van der Waals surface area contributed by atoms with Crippen LogP contribution in [-0.4, -0.2) is 56.6 Å². The molecular formula is C27H39N3O4S. The highest BCUT2D eigenvalue weighted by Crippen LogP contribution is 2.29. The van der Waals surface area contributed by atoms with Crippen molar-refractivity contribution in [2.24, 2.45) is 0 Å². The first-order valence-electron chi connectivity index (χ1n) is 12.2. The maximum Gasteiger partial charge on any atom is 0.244 e. The van der Waals surface area contributed by atoms with E-state index in [0.717, 1.165) is 21.7 Å². The molecule has 2 aromatic carbocycles. The van der Waals surface area contributed by atoms with Gasteiger partial charge in [0.05, 0.1) is 11.9 Å². The third-order valence-electron chi connectivity index (χ3n) is 5.81. The quantitative estimate of drug-likeness (QED) is 0.477. The van der Waals surface area contributed by atoms with Crippen LogP contribution in [0.25, 0.3) is 0 Å². The van der Waals surface area contributed by atoms with E-state index in [9.17, 15) is 18.0 Å². The molecule has 0 saturated heterocycles. The largest absolute Gasteiger partial charge is 0.352 e. The van der Waals surface area contributed by atoms with Crippen LogP contribution in [0.2, 0.25) is 0 Å². The predicted molar refractivity (Wildman–Crippen MR) is 142 cm³/mol. The first kappa shape index (κ1) is 28.4. The second-order valence-corrected chi connectivity index (χ2v) is 11.3. The Morgan fingerprint density at radius 2 is 1.54 bits per heavy atom. The van der Waals surface area contributed by atoms with Gasteiger partial charge in [-0.2, -0.15) is 0 Å². The molecule has 0 radical (unpaired) electrons. The van der Waals surface area contributed by atoms with Gasteiger partial charge < -0.3 is 10.2 Å². The summed E-state index contributed by atoms with van der Waals surface area (Å²) >= 11 is 0. The zero-order chi connectivity index (χ0) is 26.2. The van der Waals surface area contributed by atoms with Crippen molar-refractivity contribution >= 4 is 27.5 Å². The van der Waals surface area contributed by atoms with Gasteiger partial charge in [0, 0.05) is 12.6 Å².